The van der Waals surface area contributed by atoms with Crippen molar-refractivity contribution in [3.8, 4) is 5.69 Å². The molecule has 3 rings (SSSR count). The molecule has 2 heterocycles. The number of rotatable bonds is 8. The number of benzene rings is 1. The number of aromatic amines is 1. The van der Waals surface area contributed by atoms with Crippen molar-refractivity contribution in [1.82, 2.24) is 25.2 Å². The second-order valence-electron chi connectivity index (χ2n) is 7.84. The van der Waals surface area contributed by atoms with Crippen LogP contribution in [0.1, 0.15) is 44.5 Å². The number of aromatic nitrogens is 3. The quantitative estimate of drug-likeness (QED) is 0.259. The summed E-state index contributed by atoms with van der Waals surface area (Å²) < 4.78 is 1.57. The van der Waals surface area contributed by atoms with Gasteiger partial charge < -0.3 is 21.4 Å². The molecule has 1 atom stereocenters. The van der Waals surface area contributed by atoms with E-state index in [1.807, 2.05) is 57.3 Å². The van der Waals surface area contributed by atoms with Crippen molar-refractivity contribution >= 4 is 17.0 Å². The first-order chi connectivity index (χ1) is 14.3. The lowest BCUT2D eigenvalue weighted by Gasteiger charge is -2.15. The topological polar surface area (TPSA) is 113 Å². The van der Waals surface area contributed by atoms with Crippen molar-refractivity contribution in [2.45, 2.75) is 46.2 Å². The van der Waals surface area contributed by atoms with Gasteiger partial charge in [0.05, 0.1) is 5.69 Å². The summed E-state index contributed by atoms with van der Waals surface area (Å²) in [5.41, 5.74) is 9.06. The van der Waals surface area contributed by atoms with Gasteiger partial charge in [-0.2, -0.15) is 4.98 Å². The predicted molar refractivity (Wildman–Crippen MR) is 122 cm³/mol. The van der Waals surface area contributed by atoms with Gasteiger partial charge in [-0.1, -0.05) is 12.1 Å². The molecule has 0 fully saturated rings. The Hall–Kier alpha value is -3.13. The number of guanidine groups is 1. The van der Waals surface area contributed by atoms with Gasteiger partial charge in [0.2, 0.25) is 0 Å². The van der Waals surface area contributed by atoms with Crippen molar-refractivity contribution in [3.63, 3.8) is 0 Å². The normalized spacial score (nSPS) is 13.2. The van der Waals surface area contributed by atoms with E-state index in [0.29, 0.717) is 18.2 Å². The smallest absolute Gasteiger partial charge is 0.354 e. The second kappa shape index (κ2) is 9.58. The fourth-order valence-corrected chi connectivity index (χ4v) is 3.30. The molecule has 3 aromatic rings. The first-order valence-corrected chi connectivity index (χ1v) is 10.3. The van der Waals surface area contributed by atoms with Crippen LogP contribution in [0.15, 0.2) is 46.3 Å². The monoisotopic (exact) mass is 409 g/mol. The van der Waals surface area contributed by atoms with Crippen molar-refractivity contribution in [3.05, 3.63) is 58.3 Å². The van der Waals surface area contributed by atoms with Gasteiger partial charge in [-0.15, -0.1) is 0 Å². The fraction of sp³-hybridized carbons (Fsp3) is 0.409. The van der Waals surface area contributed by atoms with E-state index >= 15 is 0 Å². The number of hydrogen-bond acceptors (Lipinski definition) is 4. The van der Waals surface area contributed by atoms with Crippen LogP contribution >= 0.6 is 0 Å². The summed E-state index contributed by atoms with van der Waals surface area (Å²) in [5, 5.41) is 7.49. The first kappa shape index (κ1) is 21.6. The Morgan fingerprint density at radius 2 is 2.00 bits per heavy atom. The number of hydrogen-bond donors (Lipinski definition) is 4. The van der Waals surface area contributed by atoms with E-state index in [1.54, 1.807) is 4.57 Å². The van der Waals surface area contributed by atoms with E-state index < -0.39 is 0 Å². The standard InChI is InChI=1S/C22H31N7O/c1-14(2)26-21(23)25-11-5-10-24-16(4)17-6-8-19(9-7-17)29-13-18-12-15(3)27-20(18)28-22(29)30/h6-9,12-14,16,24H,5,10-11H2,1-4H3,(H3,23,25,26)(H,27,28,30)/t16-/m0/s1. The van der Waals surface area contributed by atoms with Crippen LogP contribution in [-0.2, 0) is 0 Å². The predicted octanol–water partition coefficient (Wildman–Crippen LogP) is 2.38. The summed E-state index contributed by atoms with van der Waals surface area (Å²) in [6.07, 6.45) is 2.73. The summed E-state index contributed by atoms with van der Waals surface area (Å²) in [7, 11) is 0. The molecular formula is C22H31N7O. The third kappa shape index (κ3) is 5.48. The molecule has 0 saturated heterocycles. The third-order valence-electron chi connectivity index (χ3n) is 4.82. The van der Waals surface area contributed by atoms with Crippen LogP contribution in [0.4, 0.5) is 0 Å². The Labute approximate surface area is 176 Å². The molecule has 2 aromatic heterocycles. The molecule has 0 bridgehead atoms. The number of aliphatic imine (C=N–C) groups is 1. The molecule has 0 aliphatic carbocycles. The van der Waals surface area contributed by atoms with Gasteiger partial charge in [0, 0.05) is 35.9 Å². The molecule has 5 N–H and O–H groups in total. The van der Waals surface area contributed by atoms with E-state index in [1.165, 1.54) is 0 Å². The van der Waals surface area contributed by atoms with E-state index in [-0.39, 0.29) is 17.8 Å². The molecule has 160 valence electrons. The van der Waals surface area contributed by atoms with Gasteiger partial charge >= 0.3 is 5.69 Å². The highest BCUT2D eigenvalue weighted by Gasteiger charge is 2.08. The molecule has 0 amide bonds. The van der Waals surface area contributed by atoms with Crippen LogP contribution in [0.2, 0.25) is 0 Å². The van der Waals surface area contributed by atoms with Crippen molar-refractivity contribution in [2.24, 2.45) is 10.7 Å². The number of nitrogens with two attached hydrogens (primary N) is 1. The molecule has 0 unspecified atom stereocenters. The molecule has 8 heteroatoms. The van der Waals surface area contributed by atoms with Gasteiger partial charge in [0.15, 0.2) is 5.96 Å². The fourth-order valence-electron chi connectivity index (χ4n) is 3.30. The molecular weight excluding hydrogens is 378 g/mol. The molecule has 0 aliphatic rings. The van der Waals surface area contributed by atoms with E-state index in [0.717, 1.165) is 35.3 Å². The molecule has 8 nitrogen and oxygen atoms in total. The highest BCUT2D eigenvalue weighted by atomic mass is 16.1. The molecule has 0 radical (unpaired) electrons. The Bertz CT molecular complexity index is 1060. The van der Waals surface area contributed by atoms with Crippen LogP contribution in [0.25, 0.3) is 16.7 Å². The zero-order valence-electron chi connectivity index (χ0n) is 18.1. The van der Waals surface area contributed by atoms with Gasteiger partial charge in [0.1, 0.15) is 5.65 Å². The summed E-state index contributed by atoms with van der Waals surface area (Å²) >= 11 is 0. The number of fused-ring (bicyclic) bond motifs is 1. The van der Waals surface area contributed by atoms with E-state index in [2.05, 4.69) is 32.5 Å². The molecule has 1 aromatic carbocycles. The number of aryl methyl sites for hydroxylation is 1. The van der Waals surface area contributed by atoms with E-state index in [9.17, 15) is 4.79 Å². The zero-order valence-corrected chi connectivity index (χ0v) is 18.1. The maximum atomic E-state index is 12.4. The number of H-pyrrole nitrogens is 1. The third-order valence-corrected chi connectivity index (χ3v) is 4.82. The zero-order chi connectivity index (χ0) is 21.7. The van der Waals surface area contributed by atoms with Crippen molar-refractivity contribution in [1.29, 1.82) is 0 Å². The Morgan fingerprint density at radius 1 is 1.27 bits per heavy atom. The van der Waals surface area contributed by atoms with Crippen LogP contribution in [-0.4, -0.2) is 39.6 Å². The number of nitrogens with zero attached hydrogens (tertiary/aromatic N) is 3. The molecule has 0 aliphatic heterocycles. The lowest BCUT2D eigenvalue weighted by molar-refractivity contribution is 0.561. The minimum Gasteiger partial charge on any atom is -0.370 e. The average Bonchev–Trinajstić information content (AvgIpc) is 3.05. The molecule has 0 saturated carbocycles. The highest BCUT2D eigenvalue weighted by Crippen LogP contribution is 2.17. The number of nitrogens with one attached hydrogen (secondary N) is 3. The maximum Gasteiger partial charge on any atom is 0.354 e. The van der Waals surface area contributed by atoms with Crippen LogP contribution in [0.3, 0.4) is 0 Å². The molecule has 0 spiro atoms. The lowest BCUT2D eigenvalue weighted by Crippen LogP contribution is -2.36. The van der Waals surface area contributed by atoms with Gasteiger partial charge in [-0.05, 0) is 64.4 Å². The lowest BCUT2D eigenvalue weighted by atomic mass is 10.1. The second-order valence-corrected chi connectivity index (χ2v) is 7.84. The Morgan fingerprint density at radius 3 is 2.70 bits per heavy atom. The highest BCUT2D eigenvalue weighted by molar-refractivity contribution is 5.78. The minimum absolute atomic E-state index is 0.193. The SMILES string of the molecule is Cc1cc2cn(-c3ccc([C@H](C)NCCCN=C(N)NC(C)C)cc3)c(=O)nc2[nH]1. The first-order valence-electron chi connectivity index (χ1n) is 10.3. The van der Waals surface area contributed by atoms with Crippen LogP contribution in [0.5, 0.6) is 0 Å². The van der Waals surface area contributed by atoms with Crippen LogP contribution in [0, 0.1) is 6.92 Å². The van der Waals surface area contributed by atoms with Gasteiger partial charge in [-0.25, -0.2) is 4.79 Å². The molecule has 30 heavy (non-hydrogen) atoms. The largest absolute Gasteiger partial charge is 0.370 e. The van der Waals surface area contributed by atoms with Gasteiger partial charge in [0.25, 0.3) is 0 Å². The van der Waals surface area contributed by atoms with Gasteiger partial charge in [-0.3, -0.25) is 9.56 Å². The summed E-state index contributed by atoms with van der Waals surface area (Å²) in [6, 6.07) is 10.4. The van der Waals surface area contributed by atoms with E-state index in [4.69, 9.17) is 5.73 Å². The van der Waals surface area contributed by atoms with Crippen molar-refractivity contribution in [2.75, 3.05) is 13.1 Å². The summed E-state index contributed by atoms with van der Waals surface area (Å²) in [6.45, 7) is 9.65. The maximum absolute atomic E-state index is 12.4. The van der Waals surface area contributed by atoms with Crippen molar-refractivity contribution < 1.29 is 0 Å². The summed E-state index contributed by atoms with van der Waals surface area (Å²) in [4.78, 5) is 23.9. The summed E-state index contributed by atoms with van der Waals surface area (Å²) in [5.74, 6) is 0.492. The van der Waals surface area contributed by atoms with Crippen LogP contribution < -0.4 is 22.1 Å². The average molecular weight is 410 g/mol. The minimum atomic E-state index is -0.296. The Balaban J connectivity index is 1.58. The Kier molecular flexibility index (Phi) is 6.89.